The lowest BCUT2D eigenvalue weighted by molar-refractivity contribution is -0.123. The van der Waals surface area contributed by atoms with Gasteiger partial charge in [-0.15, -0.1) is 0 Å². The molecule has 1 heterocycles. The van der Waals surface area contributed by atoms with Gasteiger partial charge < -0.3 is 14.9 Å². The van der Waals surface area contributed by atoms with E-state index in [0.717, 1.165) is 7.05 Å². The van der Waals surface area contributed by atoms with Crippen LogP contribution in [0.1, 0.15) is 26.3 Å². The van der Waals surface area contributed by atoms with E-state index in [0.29, 0.717) is 4.90 Å². The minimum absolute atomic E-state index is 0.0808. The highest BCUT2D eigenvalue weighted by Crippen LogP contribution is 2.44. The predicted molar refractivity (Wildman–Crippen MR) is 62.5 cm³/mol. The smallest absolute Gasteiger partial charge is 0.301 e. The molecule has 7 heteroatoms. The van der Waals surface area contributed by atoms with E-state index in [4.69, 9.17) is 4.74 Å². The highest BCUT2D eigenvalue weighted by atomic mass is 16.5. The van der Waals surface area contributed by atoms with Crippen LogP contribution in [0.4, 0.5) is 0 Å². The van der Waals surface area contributed by atoms with Crippen LogP contribution in [0.3, 0.4) is 0 Å². The maximum atomic E-state index is 12.0. The number of methoxy groups -OCH3 is 1. The van der Waals surface area contributed by atoms with E-state index in [1.165, 1.54) is 14.0 Å². The molecule has 1 aromatic carbocycles. The van der Waals surface area contributed by atoms with E-state index in [9.17, 15) is 24.6 Å². The Morgan fingerprint density at radius 1 is 1.00 bits per heavy atom. The summed E-state index contributed by atoms with van der Waals surface area (Å²) in [5, 5.41) is 19.9. The van der Waals surface area contributed by atoms with Gasteiger partial charge in [0.15, 0.2) is 11.5 Å². The van der Waals surface area contributed by atoms with Crippen molar-refractivity contribution in [1.82, 2.24) is 4.90 Å². The van der Waals surface area contributed by atoms with Gasteiger partial charge in [0.1, 0.15) is 11.3 Å². The Hall–Kier alpha value is -2.57. The van der Waals surface area contributed by atoms with Crippen molar-refractivity contribution in [2.75, 3.05) is 14.2 Å². The van der Waals surface area contributed by atoms with Gasteiger partial charge in [-0.25, -0.2) is 0 Å². The fraction of sp³-hybridized carbons (Fsp3) is 0.250. The molecule has 0 fully saturated rings. The van der Waals surface area contributed by atoms with Crippen molar-refractivity contribution in [2.24, 2.45) is 0 Å². The molecule has 0 bridgehead atoms. The molecule has 2 rings (SSSR count). The summed E-state index contributed by atoms with van der Waals surface area (Å²) in [6, 6.07) is 0. The average Bonchev–Trinajstić information content (AvgIpc) is 2.38. The van der Waals surface area contributed by atoms with E-state index >= 15 is 0 Å². The number of Topliss-reactive ketones (excluding diaryl/α,β-unsaturated/α-hetero) is 1. The third-order valence-electron chi connectivity index (χ3n) is 3.08. The molecule has 0 saturated carbocycles. The molecule has 0 spiro atoms. The summed E-state index contributed by atoms with van der Waals surface area (Å²) < 4.78 is 4.89. The Balaban J connectivity index is 2.92. The maximum Gasteiger partial charge on any atom is 0.301 e. The van der Waals surface area contributed by atoms with Crippen LogP contribution in [0.5, 0.6) is 17.2 Å². The van der Waals surface area contributed by atoms with Crippen molar-refractivity contribution < 1.29 is 29.3 Å². The number of carbonyl (C=O) groups excluding carboxylic acids is 3. The zero-order chi connectivity index (χ0) is 14.5. The molecule has 0 saturated heterocycles. The van der Waals surface area contributed by atoms with E-state index in [-0.39, 0.29) is 11.3 Å². The standard InChI is InChI=1S/C12H11NO6/c1-4-7(14)5-6(8(15)10(4)19-3)11(17)13(2)12(18)9(5)16/h14-15H,1-3H3. The number of hydrogen-bond donors (Lipinski definition) is 2. The van der Waals surface area contributed by atoms with Crippen LogP contribution >= 0.6 is 0 Å². The van der Waals surface area contributed by atoms with Crippen LogP contribution in [0.15, 0.2) is 0 Å². The number of benzene rings is 1. The summed E-state index contributed by atoms with van der Waals surface area (Å²) in [4.78, 5) is 35.9. The van der Waals surface area contributed by atoms with Crippen molar-refractivity contribution in [3.8, 4) is 17.2 Å². The number of ketones is 1. The Kier molecular flexibility index (Phi) is 2.69. The van der Waals surface area contributed by atoms with Gasteiger partial charge in [0.05, 0.1) is 12.7 Å². The van der Waals surface area contributed by atoms with Gasteiger partial charge in [0, 0.05) is 12.6 Å². The summed E-state index contributed by atoms with van der Waals surface area (Å²) in [6.45, 7) is 1.40. The first-order valence-electron chi connectivity index (χ1n) is 5.32. The second kappa shape index (κ2) is 3.98. The van der Waals surface area contributed by atoms with Crippen molar-refractivity contribution in [1.29, 1.82) is 0 Å². The molecular weight excluding hydrogens is 254 g/mol. The number of fused-ring (bicyclic) bond motifs is 1. The number of ether oxygens (including phenoxy) is 1. The third-order valence-corrected chi connectivity index (χ3v) is 3.08. The number of hydrogen-bond acceptors (Lipinski definition) is 6. The van der Waals surface area contributed by atoms with Crippen LogP contribution in [0.2, 0.25) is 0 Å². The summed E-state index contributed by atoms with van der Waals surface area (Å²) in [5.41, 5.74) is -0.826. The number of phenolic OH excluding ortho intramolecular Hbond substituents is 2. The molecule has 19 heavy (non-hydrogen) atoms. The van der Waals surface area contributed by atoms with Gasteiger partial charge in [0.25, 0.3) is 11.7 Å². The van der Waals surface area contributed by atoms with Crippen LogP contribution in [0, 0.1) is 6.92 Å². The first-order chi connectivity index (χ1) is 8.82. The molecule has 2 amide bonds. The first kappa shape index (κ1) is 12.9. The lowest BCUT2D eigenvalue weighted by Gasteiger charge is -2.25. The Morgan fingerprint density at radius 3 is 2.11 bits per heavy atom. The van der Waals surface area contributed by atoms with Crippen molar-refractivity contribution in [3.63, 3.8) is 0 Å². The number of phenols is 2. The zero-order valence-electron chi connectivity index (χ0n) is 10.5. The average molecular weight is 265 g/mol. The molecule has 1 aliphatic rings. The van der Waals surface area contributed by atoms with Crippen LogP contribution in [-0.4, -0.2) is 46.9 Å². The van der Waals surface area contributed by atoms with Gasteiger partial charge in [-0.05, 0) is 6.92 Å². The molecule has 0 aromatic heterocycles. The fourth-order valence-corrected chi connectivity index (χ4v) is 2.02. The van der Waals surface area contributed by atoms with E-state index in [2.05, 4.69) is 0 Å². The molecule has 2 N–H and O–H groups in total. The number of aromatic hydroxyl groups is 2. The zero-order valence-corrected chi connectivity index (χ0v) is 10.5. The summed E-state index contributed by atoms with van der Waals surface area (Å²) >= 11 is 0. The molecule has 0 aliphatic carbocycles. The molecule has 1 aliphatic heterocycles. The van der Waals surface area contributed by atoms with Gasteiger partial charge in [-0.2, -0.15) is 0 Å². The van der Waals surface area contributed by atoms with E-state index in [1.807, 2.05) is 0 Å². The fourth-order valence-electron chi connectivity index (χ4n) is 2.02. The largest absolute Gasteiger partial charge is 0.507 e. The minimum atomic E-state index is -1.06. The first-order valence-corrected chi connectivity index (χ1v) is 5.32. The SMILES string of the molecule is COc1c(C)c(O)c2c(c1O)C(=O)N(C)C(=O)C2=O. The Bertz CT molecular complexity index is 634. The van der Waals surface area contributed by atoms with Crippen LogP contribution in [-0.2, 0) is 4.79 Å². The molecule has 0 unspecified atom stereocenters. The number of carbonyl (C=O) groups is 3. The number of amides is 2. The monoisotopic (exact) mass is 265 g/mol. The van der Waals surface area contributed by atoms with Gasteiger partial charge in [0.2, 0.25) is 0 Å². The normalized spacial score (nSPS) is 14.7. The molecule has 7 nitrogen and oxygen atoms in total. The van der Waals surface area contributed by atoms with Gasteiger partial charge in [-0.3, -0.25) is 19.3 Å². The molecule has 100 valence electrons. The number of likely N-dealkylation sites (N-methyl/N-ethyl adjacent to an activating group) is 1. The number of nitrogens with zero attached hydrogens (tertiary/aromatic N) is 1. The maximum absolute atomic E-state index is 12.0. The second-order valence-electron chi connectivity index (χ2n) is 4.10. The highest BCUT2D eigenvalue weighted by Gasteiger charge is 2.41. The lowest BCUT2D eigenvalue weighted by atomic mass is 9.92. The predicted octanol–water partition coefficient (Wildman–Crippen LogP) is 0.210. The quantitative estimate of drug-likeness (QED) is 0.427. The third kappa shape index (κ3) is 1.48. The summed E-state index contributed by atoms with van der Waals surface area (Å²) in [6.07, 6.45) is 0. The number of imide groups is 1. The van der Waals surface area contributed by atoms with E-state index < -0.39 is 40.2 Å². The molecule has 0 radical (unpaired) electrons. The lowest BCUT2D eigenvalue weighted by Crippen LogP contribution is -2.43. The van der Waals surface area contributed by atoms with Crippen molar-refractivity contribution in [2.45, 2.75) is 6.92 Å². The Labute approximate surface area is 108 Å². The van der Waals surface area contributed by atoms with Crippen LogP contribution in [0.25, 0.3) is 0 Å². The van der Waals surface area contributed by atoms with Gasteiger partial charge >= 0.3 is 5.91 Å². The van der Waals surface area contributed by atoms with Crippen molar-refractivity contribution in [3.05, 3.63) is 16.7 Å². The molecular formula is C12H11NO6. The van der Waals surface area contributed by atoms with Gasteiger partial charge in [-0.1, -0.05) is 0 Å². The van der Waals surface area contributed by atoms with Crippen LogP contribution < -0.4 is 4.74 Å². The summed E-state index contributed by atoms with van der Waals surface area (Å²) in [7, 11) is 2.37. The summed E-state index contributed by atoms with van der Waals surface area (Å²) in [5.74, 6) is -4.19. The Morgan fingerprint density at radius 2 is 1.58 bits per heavy atom. The second-order valence-corrected chi connectivity index (χ2v) is 4.10. The van der Waals surface area contributed by atoms with Crippen molar-refractivity contribution >= 4 is 17.6 Å². The molecule has 0 atom stereocenters. The number of rotatable bonds is 1. The highest BCUT2D eigenvalue weighted by molar-refractivity contribution is 6.50. The minimum Gasteiger partial charge on any atom is -0.507 e. The topological polar surface area (TPSA) is 104 Å². The molecule has 1 aromatic rings. The van der Waals surface area contributed by atoms with E-state index in [1.54, 1.807) is 0 Å².